The Morgan fingerprint density at radius 2 is 2.33 bits per heavy atom. The zero-order valence-electron chi connectivity index (χ0n) is 12.8. The second-order valence-corrected chi connectivity index (χ2v) is 6.80. The Hall–Kier alpha value is -0.850. The van der Waals surface area contributed by atoms with Crippen molar-refractivity contribution in [1.82, 2.24) is 9.88 Å². The molecule has 21 heavy (non-hydrogen) atoms. The van der Waals surface area contributed by atoms with E-state index in [1.807, 2.05) is 13.1 Å². The van der Waals surface area contributed by atoms with Crippen molar-refractivity contribution in [3.05, 3.63) is 11.1 Å². The Morgan fingerprint density at radius 1 is 1.62 bits per heavy atom. The van der Waals surface area contributed by atoms with Gasteiger partial charge in [-0.2, -0.15) is 0 Å². The van der Waals surface area contributed by atoms with Crippen LogP contribution in [0.25, 0.3) is 0 Å². The fourth-order valence-electron chi connectivity index (χ4n) is 2.81. The van der Waals surface area contributed by atoms with Gasteiger partial charge in [0.2, 0.25) is 0 Å². The van der Waals surface area contributed by atoms with Gasteiger partial charge in [0.25, 0.3) is 0 Å². The molecule has 1 saturated heterocycles. The second-order valence-electron chi connectivity index (χ2n) is 5.66. The summed E-state index contributed by atoms with van der Waals surface area (Å²) >= 11 is 1.51. The van der Waals surface area contributed by atoms with E-state index >= 15 is 0 Å². The number of halogens is 1. The summed E-state index contributed by atoms with van der Waals surface area (Å²) in [5.74, 6) is 0.222. The van der Waals surface area contributed by atoms with Gasteiger partial charge in [-0.1, -0.05) is 13.8 Å². The molecule has 1 fully saturated rings. The first-order valence-corrected chi connectivity index (χ1v) is 7.89. The molecule has 0 aromatic carbocycles. The van der Waals surface area contributed by atoms with E-state index < -0.39 is 0 Å². The number of hydrogen-bond donors (Lipinski definition) is 1. The Labute approximate surface area is 136 Å². The highest BCUT2D eigenvalue weighted by molar-refractivity contribution is 7.15. The Bertz CT molecular complexity index is 481. The quantitative estimate of drug-likeness (QED) is 0.839. The molecular formula is C14H24ClN3O2S. The average molecular weight is 334 g/mol. The minimum absolute atomic E-state index is 0. The molecule has 5 nitrogen and oxygen atoms in total. The number of aromatic nitrogens is 1. The predicted octanol–water partition coefficient (Wildman–Crippen LogP) is 2.56. The molecule has 0 amide bonds. The molecule has 120 valence electrons. The number of likely N-dealkylation sites (tertiary alicyclic amines) is 1. The van der Waals surface area contributed by atoms with Crippen LogP contribution >= 0.6 is 23.7 Å². The normalized spacial score (nSPS) is 22.3. The number of ether oxygens (including phenoxy) is 1. The van der Waals surface area contributed by atoms with Crippen LogP contribution in [-0.2, 0) is 16.1 Å². The molecule has 2 heterocycles. The lowest BCUT2D eigenvalue weighted by Crippen LogP contribution is -2.40. The number of nitrogen functional groups attached to an aromatic ring is 1. The highest BCUT2D eigenvalue weighted by Crippen LogP contribution is 2.40. The summed E-state index contributed by atoms with van der Waals surface area (Å²) in [6.45, 7) is 8.98. The molecule has 7 heteroatoms. The third kappa shape index (κ3) is 3.87. The van der Waals surface area contributed by atoms with Crippen LogP contribution in [0.4, 0.5) is 5.13 Å². The van der Waals surface area contributed by atoms with E-state index in [2.05, 4.69) is 23.7 Å². The van der Waals surface area contributed by atoms with E-state index in [1.165, 1.54) is 11.3 Å². The summed E-state index contributed by atoms with van der Waals surface area (Å²) in [7, 11) is 0. The van der Waals surface area contributed by atoms with Crippen molar-refractivity contribution in [3.8, 4) is 0 Å². The van der Waals surface area contributed by atoms with Crippen LogP contribution in [0.1, 0.15) is 32.1 Å². The Balaban J connectivity index is 0.00000220. The fraction of sp³-hybridized carbons (Fsp3) is 0.714. The van der Waals surface area contributed by atoms with E-state index in [1.54, 1.807) is 0 Å². The standard InChI is InChI=1S/C14H23N3O2S.ClH/c1-4-19-12(18)14(10(2)3)5-6-17(9-14)8-11-7-16-13(15)20-11;/h7,10H,4-6,8-9H2,1-3H3,(H2,15,16);1H. The maximum Gasteiger partial charge on any atom is 0.313 e. The van der Waals surface area contributed by atoms with Crippen molar-refractivity contribution in [1.29, 1.82) is 0 Å². The summed E-state index contributed by atoms with van der Waals surface area (Å²) in [6.07, 6.45) is 2.68. The van der Waals surface area contributed by atoms with Crippen molar-refractivity contribution in [2.75, 3.05) is 25.4 Å². The van der Waals surface area contributed by atoms with Gasteiger partial charge in [-0.15, -0.1) is 23.7 Å². The molecule has 2 N–H and O–H groups in total. The number of nitrogens with two attached hydrogens (primary N) is 1. The monoisotopic (exact) mass is 333 g/mol. The van der Waals surface area contributed by atoms with E-state index in [-0.39, 0.29) is 29.7 Å². The molecule has 0 aliphatic carbocycles. The minimum Gasteiger partial charge on any atom is -0.466 e. The zero-order valence-corrected chi connectivity index (χ0v) is 14.4. The number of rotatable bonds is 5. The van der Waals surface area contributed by atoms with Gasteiger partial charge in [0, 0.05) is 24.2 Å². The molecule has 1 aliphatic rings. The number of esters is 1. The first-order chi connectivity index (χ1) is 9.48. The predicted molar refractivity (Wildman–Crippen MR) is 87.6 cm³/mol. The first kappa shape index (κ1) is 18.2. The zero-order chi connectivity index (χ0) is 14.8. The highest BCUT2D eigenvalue weighted by atomic mass is 35.5. The number of carbonyl (C=O) groups is 1. The first-order valence-electron chi connectivity index (χ1n) is 7.07. The molecule has 0 saturated carbocycles. The lowest BCUT2D eigenvalue weighted by molar-refractivity contribution is -0.157. The van der Waals surface area contributed by atoms with E-state index in [9.17, 15) is 4.79 Å². The number of nitrogens with zero attached hydrogens (tertiary/aromatic N) is 2. The largest absolute Gasteiger partial charge is 0.466 e. The Morgan fingerprint density at radius 3 is 2.86 bits per heavy atom. The summed E-state index contributed by atoms with van der Waals surface area (Å²) < 4.78 is 5.30. The van der Waals surface area contributed by atoms with Crippen molar-refractivity contribution < 1.29 is 9.53 Å². The minimum atomic E-state index is -0.369. The average Bonchev–Trinajstić information content (AvgIpc) is 2.98. The summed E-state index contributed by atoms with van der Waals surface area (Å²) in [4.78, 5) is 19.8. The molecule has 0 bridgehead atoms. The van der Waals surface area contributed by atoms with E-state index in [0.29, 0.717) is 11.7 Å². The van der Waals surface area contributed by atoms with E-state index in [4.69, 9.17) is 10.5 Å². The maximum absolute atomic E-state index is 12.3. The lowest BCUT2D eigenvalue weighted by Gasteiger charge is -2.30. The van der Waals surface area contributed by atoms with Crippen LogP contribution in [0.2, 0.25) is 0 Å². The summed E-state index contributed by atoms with van der Waals surface area (Å²) in [6, 6.07) is 0. The lowest BCUT2D eigenvalue weighted by atomic mass is 9.76. The Kier molecular flexibility index (Phi) is 6.43. The van der Waals surface area contributed by atoms with Crippen LogP contribution in [0.5, 0.6) is 0 Å². The molecule has 1 aromatic rings. The molecule has 1 atom stereocenters. The van der Waals surface area contributed by atoms with Crippen LogP contribution in [0.15, 0.2) is 6.20 Å². The van der Waals surface area contributed by atoms with Crippen LogP contribution in [-0.4, -0.2) is 35.5 Å². The number of anilines is 1. The van der Waals surface area contributed by atoms with E-state index in [0.717, 1.165) is 30.9 Å². The number of hydrogen-bond acceptors (Lipinski definition) is 6. The molecule has 0 spiro atoms. The number of thiazole rings is 1. The third-order valence-corrected chi connectivity index (χ3v) is 4.93. The van der Waals surface area contributed by atoms with Gasteiger partial charge < -0.3 is 10.5 Å². The van der Waals surface area contributed by atoms with Crippen molar-refractivity contribution in [3.63, 3.8) is 0 Å². The molecular weight excluding hydrogens is 310 g/mol. The highest BCUT2D eigenvalue weighted by Gasteiger charge is 2.48. The SMILES string of the molecule is CCOC(=O)C1(C(C)C)CCN(Cc2cnc(N)s2)C1.Cl. The van der Waals surface area contributed by atoms with Gasteiger partial charge in [0.05, 0.1) is 12.0 Å². The van der Waals surface area contributed by atoms with Gasteiger partial charge in [-0.25, -0.2) is 4.98 Å². The van der Waals surface area contributed by atoms with Crippen LogP contribution < -0.4 is 5.73 Å². The topological polar surface area (TPSA) is 68.5 Å². The fourth-order valence-corrected chi connectivity index (χ4v) is 3.54. The van der Waals surface area contributed by atoms with Gasteiger partial charge >= 0.3 is 5.97 Å². The van der Waals surface area contributed by atoms with Crippen molar-refractivity contribution in [2.45, 2.75) is 33.7 Å². The molecule has 1 aliphatic heterocycles. The molecule has 1 unspecified atom stereocenters. The molecule has 0 radical (unpaired) electrons. The third-order valence-electron chi connectivity index (χ3n) is 4.12. The van der Waals surface area contributed by atoms with Crippen molar-refractivity contribution in [2.24, 2.45) is 11.3 Å². The molecule has 2 rings (SSSR count). The second kappa shape index (κ2) is 7.42. The van der Waals surface area contributed by atoms with Gasteiger partial charge in [0.15, 0.2) is 5.13 Å². The van der Waals surface area contributed by atoms with Crippen LogP contribution in [0.3, 0.4) is 0 Å². The summed E-state index contributed by atoms with van der Waals surface area (Å²) in [5.41, 5.74) is 5.29. The van der Waals surface area contributed by atoms with Gasteiger partial charge in [-0.3, -0.25) is 9.69 Å². The smallest absolute Gasteiger partial charge is 0.313 e. The molecule has 1 aromatic heterocycles. The van der Waals surface area contributed by atoms with Crippen LogP contribution in [0, 0.1) is 11.3 Å². The van der Waals surface area contributed by atoms with Gasteiger partial charge in [-0.05, 0) is 25.8 Å². The maximum atomic E-state index is 12.3. The number of carbonyl (C=O) groups excluding carboxylic acids is 1. The van der Waals surface area contributed by atoms with Crippen molar-refractivity contribution >= 4 is 34.8 Å². The summed E-state index contributed by atoms with van der Waals surface area (Å²) in [5, 5.41) is 0.597. The van der Waals surface area contributed by atoms with Gasteiger partial charge in [0.1, 0.15) is 0 Å².